The Morgan fingerprint density at radius 3 is 2.20 bits per heavy atom. The molecule has 0 N–H and O–H groups in total. The van der Waals surface area contributed by atoms with Gasteiger partial charge in [0.2, 0.25) is 0 Å². The van der Waals surface area contributed by atoms with E-state index in [4.69, 9.17) is 10.00 Å². The second kappa shape index (κ2) is 7.86. The predicted molar refractivity (Wildman–Crippen MR) is 95.8 cm³/mol. The van der Waals surface area contributed by atoms with Crippen molar-refractivity contribution in [2.45, 2.75) is 0 Å². The van der Waals surface area contributed by atoms with Gasteiger partial charge in [0, 0.05) is 18.1 Å². The monoisotopic (exact) mass is 352 g/mol. The van der Waals surface area contributed by atoms with Crippen molar-refractivity contribution in [3.05, 3.63) is 65.2 Å². The van der Waals surface area contributed by atoms with Gasteiger partial charge in [-0.15, -0.1) is 0 Å². The van der Waals surface area contributed by atoms with Crippen LogP contribution in [-0.4, -0.2) is 41.4 Å². The molecular weight excluding hydrogens is 336 g/mol. The first kappa shape index (κ1) is 17.1. The number of hydrogen-bond donors (Lipinski definition) is 0. The lowest BCUT2D eigenvalue weighted by Gasteiger charge is -2.13. The summed E-state index contributed by atoms with van der Waals surface area (Å²) in [6, 6.07) is 15.9. The van der Waals surface area contributed by atoms with Crippen LogP contribution in [0.15, 0.2) is 48.5 Å². The molecule has 0 radical (unpaired) electrons. The minimum Gasteiger partial charge on any atom is -0.493 e. The normalized spacial score (nSPS) is 12.8. The zero-order valence-corrected chi connectivity index (χ0v) is 14.3. The first-order valence-electron chi connectivity index (χ1n) is 7.86. The third-order valence-electron chi connectivity index (χ3n) is 3.82. The number of amides is 2. The second-order valence-corrected chi connectivity index (χ2v) is 6.63. The molecule has 5 nitrogen and oxygen atoms in total. The molecule has 0 spiro atoms. The number of nitrogens with zero attached hydrogens (tertiary/aromatic N) is 2. The Bertz CT molecular complexity index is 792. The fraction of sp³-hybridized carbons (Fsp3) is 0.211. The van der Waals surface area contributed by atoms with Crippen LogP contribution in [0, 0.1) is 11.3 Å². The summed E-state index contributed by atoms with van der Waals surface area (Å²) in [6.45, 7) is 0.923. The average Bonchev–Trinajstić information content (AvgIpc) is 2.90. The van der Waals surface area contributed by atoms with E-state index in [1.165, 1.54) is 4.90 Å². The van der Waals surface area contributed by atoms with Crippen molar-refractivity contribution in [2.75, 3.05) is 24.7 Å². The van der Waals surface area contributed by atoms with Crippen LogP contribution in [0.4, 0.5) is 0 Å². The summed E-state index contributed by atoms with van der Waals surface area (Å²) < 4.78 is 5.59. The summed E-state index contributed by atoms with van der Waals surface area (Å²) in [6.07, 6.45) is 0. The average molecular weight is 352 g/mol. The second-order valence-electron chi connectivity index (χ2n) is 5.40. The number of hydrogen-bond acceptors (Lipinski definition) is 5. The molecule has 0 atom stereocenters. The van der Waals surface area contributed by atoms with Crippen LogP contribution in [0.1, 0.15) is 26.3 Å². The topological polar surface area (TPSA) is 70.4 Å². The Kier molecular flexibility index (Phi) is 5.36. The molecule has 25 heavy (non-hydrogen) atoms. The molecule has 1 heterocycles. The molecule has 126 valence electrons. The summed E-state index contributed by atoms with van der Waals surface area (Å²) in [7, 11) is 0. The van der Waals surface area contributed by atoms with Crippen LogP contribution in [0.5, 0.6) is 5.75 Å². The van der Waals surface area contributed by atoms with E-state index >= 15 is 0 Å². The van der Waals surface area contributed by atoms with Crippen molar-refractivity contribution in [2.24, 2.45) is 0 Å². The number of imide groups is 1. The Hall–Kier alpha value is -2.78. The summed E-state index contributed by atoms with van der Waals surface area (Å²) in [5.74, 6) is 1.72. The summed E-state index contributed by atoms with van der Waals surface area (Å²) in [5, 5.41) is 8.74. The fourth-order valence-corrected chi connectivity index (χ4v) is 3.26. The lowest BCUT2D eigenvalue weighted by molar-refractivity contribution is 0.0664. The highest BCUT2D eigenvalue weighted by Crippen LogP contribution is 2.22. The van der Waals surface area contributed by atoms with Crippen molar-refractivity contribution in [1.82, 2.24) is 4.90 Å². The van der Waals surface area contributed by atoms with E-state index in [-0.39, 0.29) is 11.8 Å². The van der Waals surface area contributed by atoms with Crippen molar-refractivity contribution >= 4 is 23.6 Å². The Morgan fingerprint density at radius 2 is 1.60 bits per heavy atom. The molecule has 2 aromatic carbocycles. The Labute approximate surface area is 150 Å². The quantitative estimate of drug-likeness (QED) is 0.566. The van der Waals surface area contributed by atoms with Crippen LogP contribution < -0.4 is 4.74 Å². The number of ether oxygens (including phenoxy) is 1. The Balaban J connectivity index is 1.39. The van der Waals surface area contributed by atoms with Gasteiger partial charge in [-0.3, -0.25) is 14.5 Å². The highest BCUT2D eigenvalue weighted by molar-refractivity contribution is 7.99. The lowest BCUT2D eigenvalue weighted by atomic mass is 10.1. The van der Waals surface area contributed by atoms with E-state index in [1.54, 1.807) is 60.3 Å². The minimum absolute atomic E-state index is 0.213. The molecule has 0 unspecified atom stereocenters. The van der Waals surface area contributed by atoms with Crippen LogP contribution >= 0.6 is 11.8 Å². The van der Waals surface area contributed by atoms with Gasteiger partial charge in [0.15, 0.2) is 0 Å². The lowest BCUT2D eigenvalue weighted by Crippen LogP contribution is -2.32. The maximum atomic E-state index is 12.2. The van der Waals surface area contributed by atoms with Gasteiger partial charge in [-0.25, -0.2) is 0 Å². The molecule has 1 aliphatic rings. The molecule has 0 bridgehead atoms. The van der Waals surface area contributed by atoms with E-state index in [0.29, 0.717) is 35.6 Å². The van der Waals surface area contributed by atoms with Gasteiger partial charge in [0.1, 0.15) is 5.75 Å². The van der Waals surface area contributed by atoms with Crippen LogP contribution in [0.3, 0.4) is 0 Å². The van der Waals surface area contributed by atoms with Crippen LogP contribution in [0.25, 0.3) is 0 Å². The highest BCUT2D eigenvalue weighted by Gasteiger charge is 2.34. The van der Waals surface area contributed by atoms with E-state index in [0.717, 1.165) is 11.5 Å². The molecule has 1 aliphatic heterocycles. The van der Waals surface area contributed by atoms with Crippen molar-refractivity contribution < 1.29 is 14.3 Å². The number of carbonyl (C=O) groups excluding carboxylic acids is 2. The third-order valence-corrected chi connectivity index (χ3v) is 4.74. The zero-order valence-electron chi connectivity index (χ0n) is 13.5. The first-order chi connectivity index (χ1) is 12.2. The number of benzene rings is 2. The van der Waals surface area contributed by atoms with Gasteiger partial charge in [0.05, 0.1) is 29.4 Å². The maximum absolute atomic E-state index is 12.2. The largest absolute Gasteiger partial charge is 0.493 e. The van der Waals surface area contributed by atoms with E-state index < -0.39 is 0 Å². The molecule has 6 heteroatoms. The van der Waals surface area contributed by atoms with Crippen molar-refractivity contribution in [1.29, 1.82) is 5.26 Å². The standard InChI is InChI=1S/C19H16N2O3S/c20-13-14-5-7-15(8-6-14)24-10-12-25-11-9-21-18(22)16-3-1-2-4-17(16)19(21)23/h1-8H,9-12H2. The van der Waals surface area contributed by atoms with Gasteiger partial charge in [-0.1, -0.05) is 12.1 Å². The number of nitriles is 1. The van der Waals surface area contributed by atoms with Crippen LogP contribution in [-0.2, 0) is 0 Å². The van der Waals surface area contributed by atoms with Crippen LogP contribution in [0.2, 0.25) is 0 Å². The number of thioether (sulfide) groups is 1. The van der Waals surface area contributed by atoms with Gasteiger partial charge >= 0.3 is 0 Å². The predicted octanol–water partition coefficient (Wildman–Crippen LogP) is 2.97. The molecule has 0 aromatic heterocycles. The zero-order chi connectivity index (χ0) is 17.6. The van der Waals surface area contributed by atoms with Gasteiger partial charge in [-0.05, 0) is 36.4 Å². The van der Waals surface area contributed by atoms with E-state index in [2.05, 4.69) is 6.07 Å². The van der Waals surface area contributed by atoms with E-state index in [1.807, 2.05) is 0 Å². The van der Waals surface area contributed by atoms with Gasteiger partial charge in [0.25, 0.3) is 11.8 Å². The number of rotatable bonds is 7. The summed E-state index contributed by atoms with van der Waals surface area (Å²) in [4.78, 5) is 25.7. The first-order valence-corrected chi connectivity index (χ1v) is 9.02. The van der Waals surface area contributed by atoms with Gasteiger partial charge in [-0.2, -0.15) is 17.0 Å². The Morgan fingerprint density at radius 1 is 0.960 bits per heavy atom. The molecule has 2 aromatic rings. The molecule has 0 saturated heterocycles. The molecular formula is C19H16N2O3S. The molecule has 3 rings (SSSR count). The minimum atomic E-state index is -0.213. The summed E-state index contributed by atoms with van der Waals surface area (Å²) >= 11 is 1.63. The SMILES string of the molecule is N#Cc1ccc(OCCSCCN2C(=O)c3ccccc3C2=O)cc1. The molecule has 0 saturated carbocycles. The summed E-state index contributed by atoms with van der Waals surface area (Å²) in [5.41, 5.74) is 1.57. The van der Waals surface area contributed by atoms with E-state index in [9.17, 15) is 9.59 Å². The fourth-order valence-electron chi connectivity index (χ4n) is 2.54. The molecule has 2 amide bonds. The van der Waals surface area contributed by atoms with Crippen molar-refractivity contribution in [3.8, 4) is 11.8 Å². The van der Waals surface area contributed by atoms with Gasteiger partial charge < -0.3 is 4.74 Å². The smallest absolute Gasteiger partial charge is 0.261 e. The van der Waals surface area contributed by atoms with Crippen molar-refractivity contribution in [3.63, 3.8) is 0 Å². The molecule has 0 aliphatic carbocycles. The number of carbonyl (C=O) groups is 2. The third kappa shape index (κ3) is 3.83. The highest BCUT2D eigenvalue weighted by atomic mass is 32.2. The molecule has 0 fully saturated rings. The number of fused-ring (bicyclic) bond motifs is 1. The maximum Gasteiger partial charge on any atom is 0.261 e.